The number of anilines is 1. The van der Waals surface area contributed by atoms with E-state index < -0.39 is 0 Å². The summed E-state index contributed by atoms with van der Waals surface area (Å²) in [6, 6.07) is 12.1. The lowest BCUT2D eigenvalue weighted by Gasteiger charge is -2.07. The molecule has 7 heteroatoms. The molecule has 0 spiro atoms. The lowest BCUT2D eigenvalue weighted by Crippen LogP contribution is -2.16. The standard InChI is InChI=1S/C17H17ClN2O4/c1-22-15-7-8-16(23-2)12(9-15)10-19-24-11-17(21)20-14-5-3-13(18)4-6-14/h3-10H,11H2,1-2H3,(H,20,21)/b19-10+. The highest BCUT2D eigenvalue weighted by Crippen LogP contribution is 2.22. The predicted octanol–water partition coefficient (Wildman–Crippen LogP) is 3.35. The van der Waals surface area contributed by atoms with Gasteiger partial charge >= 0.3 is 0 Å². The van der Waals surface area contributed by atoms with Crippen molar-refractivity contribution in [2.24, 2.45) is 5.16 Å². The monoisotopic (exact) mass is 348 g/mol. The van der Waals surface area contributed by atoms with Gasteiger partial charge in [0.2, 0.25) is 0 Å². The number of carbonyl (C=O) groups excluding carboxylic acids is 1. The maximum absolute atomic E-state index is 11.7. The second-order valence-corrected chi connectivity index (χ2v) is 5.11. The molecule has 0 radical (unpaired) electrons. The van der Waals surface area contributed by atoms with Gasteiger partial charge in [-0.15, -0.1) is 0 Å². The highest BCUT2D eigenvalue weighted by atomic mass is 35.5. The average molecular weight is 349 g/mol. The zero-order valence-corrected chi connectivity index (χ0v) is 14.0. The summed E-state index contributed by atoms with van der Waals surface area (Å²) >= 11 is 5.78. The van der Waals surface area contributed by atoms with Gasteiger partial charge < -0.3 is 19.6 Å². The van der Waals surface area contributed by atoms with E-state index in [1.807, 2.05) is 0 Å². The first-order chi connectivity index (χ1) is 11.6. The van der Waals surface area contributed by atoms with Crippen LogP contribution >= 0.6 is 11.6 Å². The Balaban J connectivity index is 1.88. The molecule has 126 valence electrons. The van der Waals surface area contributed by atoms with Crippen LogP contribution < -0.4 is 14.8 Å². The van der Waals surface area contributed by atoms with Crippen LogP contribution in [-0.2, 0) is 9.63 Å². The highest BCUT2D eigenvalue weighted by molar-refractivity contribution is 6.30. The molecule has 0 unspecified atom stereocenters. The number of methoxy groups -OCH3 is 2. The second-order valence-electron chi connectivity index (χ2n) is 4.67. The first kappa shape index (κ1) is 17.6. The molecule has 0 heterocycles. The molecule has 0 aliphatic carbocycles. The number of hydrogen-bond donors (Lipinski definition) is 1. The Kier molecular flexibility index (Phi) is 6.45. The molecule has 2 aromatic carbocycles. The number of oxime groups is 1. The van der Waals surface area contributed by atoms with Crippen LogP contribution in [0.25, 0.3) is 0 Å². The van der Waals surface area contributed by atoms with Crippen LogP contribution in [0.15, 0.2) is 47.6 Å². The molecular formula is C17H17ClN2O4. The van der Waals surface area contributed by atoms with Crippen molar-refractivity contribution in [3.05, 3.63) is 53.1 Å². The van der Waals surface area contributed by atoms with Gasteiger partial charge in [0, 0.05) is 16.3 Å². The summed E-state index contributed by atoms with van der Waals surface area (Å²) in [6.07, 6.45) is 1.46. The van der Waals surface area contributed by atoms with Gasteiger partial charge in [0.1, 0.15) is 11.5 Å². The summed E-state index contributed by atoms with van der Waals surface area (Å²) in [5, 5.41) is 7.04. The fraction of sp³-hybridized carbons (Fsp3) is 0.176. The minimum atomic E-state index is -0.327. The number of halogens is 1. The Bertz CT molecular complexity index is 717. The molecule has 0 aromatic heterocycles. The van der Waals surface area contributed by atoms with Gasteiger partial charge in [-0.1, -0.05) is 16.8 Å². The predicted molar refractivity (Wildman–Crippen MR) is 93.2 cm³/mol. The quantitative estimate of drug-likeness (QED) is 0.615. The largest absolute Gasteiger partial charge is 0.497 e. The van der Waals surface area contributed by atoms with Crippen molar-refractivity contribution in [3.63, 3.8) is 0 Å². The van der Waals surface area contributed by atoms with Gasteiger partial charge in [-0.05, 0) is 42.5 Å². The number of carbonyl (C=O) groups is 1. The van der Waals surface area contributed by atoms with Crippen molar-refractivity contribution in [2.45, 2.75) is 0 Å². The van der Waals surface area contributed by atoms with Crippen LogP contribution in [0, 0.1) is 0 Å². The molecule has 0 saturated carbocycles. The summed E-state index contributed by atoms with van der Waals surface area (Å²) in [5.41, 5.74) is 1.31. The molecule has 0 bridgehead atoms. The van der Waals surface area contributed by atoms with Crippen molar-refractivity contribution < 1.29 is 19.1 Å². The van der Waals surface area contributed by atoms with Crippen molar-refractivity contribution in [2.75, 3.05) is 26.1 Å². The van der Waals surface area contributed by atoms with E-state index in [9.17, 15) is 4.79 Å². The molecular weight excluding hydrogens is 332 g/mol. The third-order valence-corrected chi connectivity index (χ3v) is 3.28. The van der Waals surface area contributed by atoms with Crippen LogP contribution in [-0.4, -0.2) is 32.9 Å². The van der Waals surface area contributed by atoms with Gasteiger partial charge in [0.25, 0.3) is 5.91 Å². The van der Waals surface area contributed by atoms with E-state index in [1.165, 1.54) is 6.21 Å². The Morgan fingerprint density at radius 2 is 1.92 bits per heavy atom. The maximum atomic E-state index is 11.7. The molecule has 1 N–H and O–H groups in total. The van der Waals surface area contributed by atoms with Crippen LogP contribution in [0.1, 0.15) is 5.56 Å². The molecule has 0 aliphatic heterocycles. The summed E-state index contributed by atoms with van der Waals surface area (Å²) < 4.78 is 10.4. The molecule has 2 aromatic rings. The van der Waals surface area contributed by atoms with Crippen LogP contribution in [0.5, 0.6) is 11.5 Å². The average Bonchev–Trinajstić information content (AvgIpc) is 2.60. The van der Waals surface area contributed by atoms with Gasteiger partial charge in [0.15, 0.2) is 6.61 Å². The fourth-order valence-electron chi connectivity index (χ4n) is 1.86. The number of hydrogen-bond acceptors (Lipinski definition) is 5. The lowest BCUT2D eigenvalue weighted by molar-refractivity contribution is -0.120. The van der Waals surface area contributed by atoms with Crippen molar-refractivity contribution in [1.82, 2.24) is 0 Å². The van der Waals surface area contributed by atoms with Gasteiger partial charge in [-0.3, -0.25) is 4.79 Å². The van der Waals surface area contributed by atoms with E-state index in [2.05, 4.69) is 10.5 Å². The lowest BCUT2D eigenvalue weighted by atomic mass is 10.2. The minimum Gasteiger partial charge on any atom is -0.497 e. The van der Waals surface area contributed by atoms with E-state index in [-0.39, 0.29) is 12.5 Å². The van der Waals surface area contributed by atoms with E-state index >= 15 is 0 Å². The summed E-state index contributed by atoms with van der Waals surface area (Å²) in [7, 11) is 3.12. The van der Waals surface area contributed by atoms with E-state index in [0.717, 1.165) is 0 Å². The zero-order valence-electron chi connectivity index (χ0n) is 13.3. The molecule has 2 rings (SSSR count). The van der Waals surface area contributed by atoms with Crippen LogP contribution in [0.2, 0.25) is 5.02 Å². The number of ether oxygens (including phenoxy) is 2. The smallest absolute Gasteiger partial charge is 0.265 e. The van der Waals surface area contributed by atoms with Gasteiger partial charge in [0.05, 0.1) is 20.4 Å². The van der Waals surface area contributed by atoms with Crippen molar-refractivity contribution in [3.8, 4) is 11.5 Å². The molecule has 24 heavy (non-hydrogen) atoms. The Labute approximate surface area is 145 Å². The number of nitrogens with zero attached hydrogens (tertiary/aromatic N) is 1. The van der Waals surface area contributed by atoms with E-state index in [0.29, 0.717) is 27.8 Å². The first-order valence-electron chi connectivity index (χ1n) is 7.05. The molecule has 0 saturated heterocycles. The molecule has 0 aliphatic rings. The number of amides is 1. The Hall–Kier alpha value is -2.73. The third-order valence-electron chi connectivity index (χ3n) is 3.03. The highest BCUT2D eigenvalue weighted by Gasteiger charge is 2.04. The normalized spacial score (nSPS) is 10.5. The SMILES string of the molecule is COc1ccc(OC)c(/C=N/OCC(=O)Nc2ccc(Cl)cc2)c1. The summed E-state index contributed by atoms with van der Waals surface area (Å²) in [4.78, 5) is 16.7. The van der Waals surface area contributed by atoms with E-state index in [1.54, 1.807) is 56.7 Å². The first-order valence-corrected chi connectivity index (χ1v) is 7.43. The van der Waals surface area contributed by atoms with E-state index in [4.69, 9.17) is 25.9 Å². The number of benzene rings is 2. The van der Waals surface area contributed by atoms with Crippen molar-refractivity contribution in [1.29, 1.82) is 0 Å². The van der Waals surface area contributed by atoms with Crippen LogP contribution in [0.3, 0.4) is 0 Å². The molecule has 0 atom stereocenters. The minimum absolute atomic E-state index is 0.217. The summed E-state index contributed by atoms with van der Waals surface area (Å²) in [6.45, 7) is -0.217. The van der Waals surface area contributed by atoms with Gasteiger partial charge in [-0.2, -0.15) is 0 Å². The van der Waals surface area contributed by atoms with Gasteiger partial charge in [-0.25, -0.2) is 0 Å². The molecule has 1 amide bonds. The fourth-order valence-corrected chi connectivity index (χ4v) is 1.99. The molecule has 0 fully saturated rings. The van der Waals surface area contributed by atoms with Crippen LogP contribution in [0.4, 0.5) is 5.69 Å². The third kappa shape index (κ3) is 5.17. The topological polar surface area (TPSA) is 69.1 Å². The van der Waals surface area contributed by atoms with Crippen molar-refractivity contribution >= 4 is 29.4 Å². The Morgan fingerprint density at radius 1 is 1.17 bits per heavy atom. The Morgan fingerprint density at radius 3 is 2.58 bits per heavy atom. The number of rotatable bonds is 7. The number of nitrogens with one attached hydrogen (secondary N) is 1. The second kappa shape index (κ2) is 8.79. The molecule has 6 nitrogen and oxygen atoms in total. The maximum Gasteiger partial charge on any atom is 0.265 e. The zero-order chi connectivity index (χ0) is 17.4. The summed E-state index contributed by atoms with van der Waals surface area (Å²) in [5.74, 6) is 0.957.